The lowest BCUT2D eigenvalue weighted by molar-refractivity contribution is 0.102. The van der Waals surface area contributed by atoms with Crippen LogP contribution in [0.4, 0.5) is 5.82 Å². The van der Waals surface area contributed by atoms with Gasteiger partial charge in [-0.1, -0.05) is 38.0 Å². The van der Waals surface area contributed by atoms with Crippen LogP contribution in [-0.2, 0) is 6.42 Å². The standard InChI is InChI=1S/C22H22BrN3O/c1-2-3-4-5-16-6-12-20(24-14-16)17-7-9-18(10-8-17)22(27)26-21-13-11-19(23)15-25-21/h6-15H,2-5H2,1H3,(H,25,26,27). The van der Waals surface area contributed by atoms with Crippen molar-refractivity contribution in [2.24, 2.45) is 0 Å². The van der Waals surface area contributed by atoms with Crippen LogP contribution in [0.3, 0.4) is 0 Å². The number of carbonyl (C=O) groups excluding carboxylic acids is 1. The van der Waals surface area contributed by atoms with Gasteiger partial charge in [0.15, 0.2) is 0 Å². The van der Waals surface area contributed by atoms with Gasteiger partial charge in [0, 0.05) is 28.0 Å². The van der Waals surface area contributed by atoms with Crippen LogP contribution in [-0.4, -0.2) is 15.9 Å². The summed E-state index contributed by atoms with van der Waals surface area (Å²) in [7, 11) is 0. The Morgan fingerprint density at radius 3 is 2.41 bits per heavy atom. The molecule has 1 N–H and O–H groups in total. The molecule has 5 heteroatoms. The lowest BCUT2D eigenvalue weighted by Crippen LogP contribution is -2.12. The summed E-state index contributed by atoms with van der Waals surface area (Å²) < 4.78 is 0.869. The highest BCUT2D eigenvalue weighted by Gasteiger charge is 2.08. The molecule has 0 unspecified atom stereocenters. The van der Waals surface area contributed by atoms with E-state index in [0.29, 0.717) is 11.4 Å². The smallest absolute Gasteiger partial charge is 0.256 e. The average molecular weight is 424 g/mol. The fourth-order valence-electron chi connectivity index (χ4n) is 2.75. The van der Waals surface area contributed by atoms with Crippen LogP contribution in [0.15, 0.2) is 65.4 Å². The zero-order valence-corrected chi connectivity index (χ0v) is 16.9. The highest BCUT2D eigenvalue weighted by atomic mass is 79.9. The van der Waals surface area contributed by atoms with Crippen molar-refractivity contribution in [1.29, 1.82) is 0 Å². The van der Waals surface area contributed by atoms with E-state index in [9.17, 15) is 4.79 Å². The third-order valence-electron chi connectivity index (χ3n) is 4.31. The predicted octanol–water partition coefficient (Wildman–Crippen LogP) is 5.89. The zero-order chi connectivity index (χ0) is 19.1. The molecule has 27 heavy (non-hydrogen) atoms. The Morgan fingerprint density at radius 1 is 0.963 bits per heavy atom. The van der Waals surface area contributed by atoms with Gasteiger partial charge in [-0.05, 0) is 64.7 Å². The van der Waals surface area contributed by atoms with Crippen LogP contribution >= 0.6 is 15.9 Å². The van der Waals surface area contributed by atoms with Gasteiger partial charge in [-0.2, -0.15) is 0 Å². The molecule has 0 bridgehead atoms. The Hall–Kier alpha value is -2.53. The number of halogens is 1. The maximum atomic E-state index is 12.3. The van der Waals surface area contributed by atoms with Gasteiger partial charge in [0.2, 0.25) is 0 Å². The van der Waals surface area contributed by atoms with Gasteiger partial charge < -0.3 is 5.32 Å². The first-order chi connectivity index (χ1) is 13.2. The summed E-state index contributed by atoms with van der Waals surface area (Å²) in [6, 6.07) is 15.2. The van der Waals surface area contributed by atoms with Crippen molar-refractivity contribution in [3.8, 4) is 11.3 Å². The number of benzene rings is 1. The van der Waals surface area contributed by atoms with Crippen molar-refractivity contribution in [3.63, 3.8) is 0 Å². The minimum atomic E-state index is -0.185. The second-order valence-electron chi connectivity index (χ2n) is 6.40. The quantitative estimate of drug-likeness (QED) is 0.481. The number of pyridine rings is 2. The molecule has 0 radical (unpaired) electrons. The molecular formula is C22H22BrN3O. The van der Waals surface area contributed by atoms with Crippen LogP contribution < -0.4 is 5.32 Å². The molecule has 0 aliphatic carbocycles. The fourth-order valence-corrected chi connectivity index (χ4v) is 2.99. The minimum absolute atomic E-state index is 0.185. The molecule has 0 fully saturated rings. The molecule has 0 saturated carbocycles. The Balaban J connectivity index is 1.64. The van der Waals surface area contributed by atoms with Gasteiger partial charge in [0.25, 0.3) is 5.91 Å². The van der Waals surface area contributed by atoms with E-state index >= 15 is 0 Å². The van der Waals surface area contributed by atoms with E-state index in [1.807, 2.05) is 30.5 Å². The molecule has 0 aliphatic heterocycles. The first kappa shape index (κ1) is 19.2. The number of aromatic nitrogens is 2. The van der Waals surface area contributed by atoms with Crippen molar-refractivity contribution in [1.82, 2.24) is 9.97 Å². The van der Waals surface area contributed by atoms with Gasteiger partial charge in [0.05, 0.1) is 5.69 Å². The molecule has 0 atom stereocenters. The molecule has 0 spiro atoms. The first-order valence-electron chi connectivity index (χ1n) is 9.14. The number of rotatable bonds is 7. The van der Waals surface area contributed by atoms with E-state index in [1.54, 1.807) is 24.4 Å². The average Bonchev–Trinajstić information content (AvgIpc) is 2.70. The van der Waals surface area contributed by atoms with Crippen molar-refractivity contribution < 1.29 is 4.79 Å². The van der Waals surface area contributed by atoms with Gasteiger partial charge in [0.1, 0.15) is 5.82 Å². The second kappa shape index (κ2) is 9.42. The van der Waals surface area contributed by atoms with Gasteiger partial charge >= 0.3 is 0 Å². The molecular weight excluding hydrogens is 402 g/mol. The molecule has 3 aromatic rings. The number of unbranched alkanes of at least 4 members (excludes halogenated alkanes) is 2. The number of nitrogens with zero attached hydrogens (tertiary/aromatic N) is 2. The zero-order valence-electron chi connectivity index (χ0n) is 15.3. The summed E-state index contributed by atoms with van der Waals surface area (Å²) >= 11 is 3.33. The molecule has 1 amide bonds. The molecule has 2 aromatic heterocycles. The van der Waals surface area contributed by atoms with Gasteiger partial charge in [-0.25, -0.2) is 4.98 Å². The van der Waals surface area contributed by atoms with Crippen LogP contribution in [0.5, 0.6) is 0 Å². The highest BCUT2D eigenvalue weighted by molar-refractivity contribution is 9.10. The summed E-state index contributed by atoms with van der Waals surface area (Å²) in [6.45, 7) is 2.21. The molecule has 138 valence electrons. The van der Waals surface area contributed by atoms with E-state index < -0.39 is 0 Å². The Bertz CT molecular complexity index is 875. The number of nitrogens with one attached hydrogen (secondary N) is 1. The molecule has 1 aromatic carbocycles. The number of amides is 1. The lowest BCUT2D eigenvalue weighted by atomic mass is 10.1. The normalized spacial score (nSPS) is 10.6. The van der Waals surface area contributed by atoms with Crippen molar-refractivity contribution in [2.75, 3.05) is 5.32 Å². The minimum Gasteiger partial charge on any atom is -0.307 e. The van der Waals surface area contributed by atoms with Crippen LogP contribution in [0.25, 0.3) is 11.3 Å². The highest BCUT2D eigenvalue weighted by Crippen LogP contribution is 2.19. The van der Waals surface area contributed by atoms with E-state index in [-0.39, 0.29) is 5.91 Å². The number of carbonyl (C=O) groups is 1. The van der Waals surface area contributed by atoms with E-state index in [2.05, 4.69) is 44.2 Å². The molecule has 3 rings (SSSR count). The van der Waals surface area contributed by atoms with Crippen molar-refractivity contribution >= 4 is 27.7 Å². The van der Waals surface area contributed by atoms with Crippen molar-refractivity contribution in [3.05, 3.63) is 76.5 Å². The largest absolute Gasteiger partial charge is 0.307 e. The molecule has 2 heterocycles. The van der Waals surface area contributed by atoms with Crippen LogP contribution in [0, 0.1) is 0 Å². The summed E-state index contributed by atoms with van der Waals surface area (Å²) in [4.78, 5) is 21.1. The molecule has 0 saturated heterocycles. The molecule has 4 nitrogen and oxygen atoms in total. The number of aryl methyl sites for hydroxylation is 1. The van der Waals surface area contributed by atoms with E-state index in [4.69, 9.17) is 0 Å². The maximum Gasteiger partial charge on any atom is 0.256 e. The fraction of sp³-hybridized carbons (Fsp3) is 0.227. The third kappa shape index (κ3) is 5.47. The molecule has 0 aliphatic rings. The Labute approximate surface area is 168 Å². The van der Waals surface area contributed by atoms with Crippen LogP contribution in [0.2, 0.25) is 0 Å². The van der Waals surface area contributed by atoms with E-state index in [1.165, 1.54) is 24.8 Å². The SMILES string of the molecule is CCCCCc1ccc(-c2ccc(C(=O)Nc3ccc(Br)cn3)cc2)nc1. The topological polar surface area (TPSA) is 54.9 Å². The summed E-state index contributed by atoms with van der Waals surface area (Å²) in [6.07, 6.45) is 8.35. The van der Waals surface area contributed by atoms with Gasteiger partial charge in [-0.3, -0.25) is 9.78 Å². The second-order valence-corrected chi connectivity index (χ2v) is 7.32. The predicted molar refractivity (Wildman–Crippen MR) is 113 cm³/mol. The summed E-state index contributed by atoms with van der Waals surface area (Å²) in [5.41, 5.74) is 3.76. The van der Waals surface area contributed by atoms with Crippen molar-refractivity contribution in [2.45, 2.75) is 32.6 Å². The van der Waals surface area contributed by atoms with E-state index in [0.717, 1.165) is 22.2 Å². The number of anilines is 1. The Morgan fingerprint density at radius 2 is 1.78 bits per heavy atom. The number of hydrogen-bond acceptors (Lipinski definition) is 3. The first-order valence-corrected chi connectivity index (χ1v) is 9.93. The monoisotopic (exact) mass is 423 g/mol. The van der Waals surface area contributed by atoms with Gasteiger partial charge in [-0.15, -0.1) is 0 Å². The maximum absolute atomic E-state index is 12.3. The Kier molecular flexibility index (Phi) is 6.71. The lowest BCUT2D eigenvalue weighted by Gasteiger charge is -2.07. The number of hydrogen-bond donors (Lipinski definition) is 1. The summed E-state index contributed by atoms with van der Waals surface area (Å²) in [5.74, 6) is 0.336. The van der Waals surface area contributed by atoms with Crippen LogP contribution in [0.1, 0.15) is 42.1 Å². The third-order valence-corrected chi connectivity index (χ3v) is 4.77. The summed E-state index contributed by atoms with van der Waals surface area (Å²) in [5, 5.41) is 2.79.